The molecule has 17 heavy (non-hydrogen) atoms. The zero-order chi connectivity index (χ0) is 12.5. The maximum Gasteiger partial charge on any atom is 0.146 e. The van der Waals surface area contributed by atoms with Crippen molar-refractivity contribution in [2.75, 3.05) is 11.5 Å². The Kier molecular flexibility index (Phi) is 8.46. The highest BCUT2D eigenvalue weighted by Gasteiger charge is 2.28. The van der Waals surface area contributed by atoms with E-state index < -0.39 is 0 Å². The third kappa shape index (κ3) is 6.19. The Morgan fingerprint density at radius 2 is 1.71 bits per heavy atom. The van der Waals surface area contributed by atoms with Crippen LogP contribution in [0.4, 0.5) is 0 Å². The third-order valence-corrected chi connectivity index (χ3v) is 6.42. The molecular weight excluding hydrogens is 248 g/mol. The molecule has 0 aliphatic carbocycles. The number of Topliss-reactive ketones (excluding diaryl/α,β-unsaturated/α-hetero) is 1. The van der Waals surface area contributed by atoms with Crippen molar-refractivity contribution in [3.05, 3.63) is 0 Å². The second-order valence-corrected chi connectivity index (χ2v) is 7.59. The van der Waals surface area contributed by atoms with Crippen molar-refractivity contribution >= 4 is 29.3 Å². The number of thioether (sulfide) groups is 2. The van der Waals surface area contributed by atoms with Crippen LogP contribution in [0.3, 0.4) is 0 Å². The fraction of sp³-hybridized carbons (Fsp3) is 0.929. The number of hydrogen-bond donors (Lipinski definition) is 0. The average molecular weight is 274 g/mol. The molecule has 0 aromatic heterocycles. The van der Waals surface area contributed by atoms with Gasteiger partial charge in [0.05, 0.1) is 5.25 Å². The van der Waals surface area contributed by atoms with Gasteiger partial charge in [0.15, 0.2) is 0 Å². The normalized spacial score (nSPS) is 24.8. The first-order valence-electron chi connectivity index (χ1n) is 7.01. The number of carbonyl (C=O) groups excluding carboxylic acids is 1. The lowest BCUT2D eigenvalue weighted by Gasteiger charge is -2.26. The lowest BCUT2D eigenvalue weighted by atomic mass is 10.1. The molecule has 1 heterocycles. The predicted octanol–water partition coefficient (Wildman–Crippen LogP) is 4.54. The van der Waals surface area contributed by atoms with Gasteiger partial charge in [0.1, 0.15) is 5.78 Å². The van der Waals surface area contributed by atoms with E-state index in [9.17, 15) is 4.79 Å². The SMILES string of the molecule is CCCCCCCCC(=O)C1SCCSC1C. The Bertz CT molecular complexity index is 218. The lowest BCUT2D eigenvalue weighted by Crippen LogP contribution is -2.30. The Morgan fingerprint density at radius 3 is 2.41 bits per heavy atom. The van der Waals surface area contributed by atoms with Gasteiger partial charge in [-0.1, -0.05) is 46.0 Å². The Hall–Kier alpha value is 0.370. The van der Waals surface area contributed by atoms with Gasteiger partial charge in [-0.2, -0.15) is 11.8 Å². The van der Waals surface area contributed by atoms with Crippen LogP contribution in [0, 0.1) is 0 Å². The second-order valence-electron chi connectivity index (χ2n) is 4.85. The summed E-state index contributed by atoms with van der Waals surface area (Å²) >= 11 is 3.84. The van der Waals surface area contributed by atoms with Crippen LogP contribution in [0.1, 0.15) is 58.8 Å². The smallest absolute Gasteiger partial charge is 0.146 e. The van der Waals surface area contributed by atoms with Gasteiger partial charge in [-0.15, -0.1) is 11.8 Å². The minimum atomic E-state index is 0.282. The molecule has 0 amide bonds. The maximum absolute atomic E-state index is 12.1. The summed E-state index contributed by atoms with van der Waals surface area (Å²) in [6.45, 7) is 4.45. The summed E-state index contributed by atoms with van der Waals surface area (Å²) in [5.41, 5.74) is 0. The van der Waals surface area contributed by atoms with Gasteiger partial charge in [0, 0.05) is 23.2 Å². The Morgan fingerprint density at radius 1 is 1.06 bits per heavy atom. The fourth-order valence-corrected chi connectivity index (χ4v) is 4.98. The highest BCUT2D eigenvalue weighted by molar-refractivity contribution is 8.07. The van der Waals surface area contributed by atoms with E-state index in [0.29, 0.717) is 11.0 Å². The molecule has 2 atom stereocenters. The van der Waals surface area contributed by atoms with E-state index in [2.05, 4.69) is 13.8 Å². The molecule has 0 aromatic carbocycles. The molecule has 0 aromatic rings. The first kappa shape index (κ1) is 15.4. The molecule has 1 aliphatic heterocycles. The van der Waals surface area contributed by atoms with E-state index in [1.807, 2.05) is 23.5 Å². The Labute approximate surface area is 115 Å². The number of hydrogen-bond acceptors (Lipinski definition) is 3. The van der Waals surface area contributed by atoms with Gasteiger partial charge in [-0.25, -0.2) is 0 Å². The molecule has 1 saturated heterocycles. The number of unbranched alkanes of at least 4 members (excludes halogenated alkanes) is 5. The molecule has 2 unspecified atom stereocenters. The zero-order valence-corrected chi connectivity index (χ0v) is 12.9. The summed E-state index contributed by atoms with van der Waals surface area (Å²) in [5, 5.41) is 0.811. The highest BCUT2D eigenvalue weighted by atomic mass is 32.2. The van der Waals surface area contributed by atoms with Crippen LogP contribution in [0.2, 0.25) is 0 Å². The van der Waals surface area contributed by atoms with E-state index in [1.165, 1.54) is 37.9 Å². The molecule has 1 rings (SSSR count). The Balaban J connectivity index is 2.07. The van der Waals surface area contributed by atoms with E-state index in [-0.39, 0.29) is 5.25 Å². The van der Waals surface area contributed by atoms with Gasteiger partial charge in [0.25, 0.3) is 0 Å². The first-order valence-corrected chi connectivity index (χ1v) is 9.11. The standard InChI is InChI=1S/C14H26OS2/c1-3-4-5-6-7-8-9-13(15)14-12(2)16-10-11-17-14/h12,14H,3-11H2,1-2H3. The largest absolute Gasteiger partial charge is 0.298 e. The minimum Gasteiger partial charge on any atom is -0.298 e. The average Bonchev–Trinajstić information content (AvgIpc) is 2.34. The van der Waals surface area contributed by atoms with Gasteiger partial charge >= 0.3 is 0 Å². The molecule has 1 nitrogen and oxygen atoms in total. The van der Waals surface area contributed by atoms with Crippen molar-refractivity contribution < 1.29 is 4.79 Å². The summed E-state index contributed by atoms with van der Waals surface area (Å²) in [4.78, 5) is 12.1. The number of carbonyl (C=O) groups is 1. The molecule has 0 bridgehead atoms. The predicted molar refractivity (Wildman–Crippen MR) is 81.2 cm³/mol. The van der Waals surface area contributed by atoms with Crippen LogP contribution in [0.5, 0.6) is 0 Å². The summed E-state index contributed by atoms with van der Waals surface area (Å²) in [7, 11) is 0. The van der Waals surface area contributed by atoms with Crippen LogP contribution in [-0.2, 0) is 4.79 Å². The molecule has 0 spiro atoms. The maximum atomic E-state index is 12.1. The lowest BCUT2D eigenvalue weighted by molar-refractivity contribution is -0.118. The van der Waals surface area contributed by atoms with Crippen LogP contribution in [0.15, 0.2) is 0 Å². The highest BCUT2D eigenvalue weighted by Crippen LogP contribution is 2.32. The second kappa shape index (κ2) is 9.32. The van der Waals surface area contributed by atoms with Crippen LogP contribution in [0.25, 0.3) is 0 Å². The van der Waals surface area contributed by atoms with Crippen LogP contribution < -0.4 is 0 Å². The zero-order valence-electron chi connectivity index (χ0n) is 11.2. The molecule has 3 heteroatoms. The monoisotopic (exact) mass is 274 g/mol. The van der Waals surface area contributed by atoms with Crippen molar-refractivity contribution in [3.8, 4) is 0 Å². The van der Waals surface area contributed by atoms with Crippen molar-refractivity contribution in [1.29, 1.82) is 0 Å². The van der Waals surface area contributed by atoms with Crippen LogP contribution in [-0.4, -0.2) is 27.8 Å². The van der Waals surface area contributed by atoms with Crippen LogP contribution >= 0.6 is 23.5 Å². The molecule has 1 fully saturated rings. The van der Waals surface area contributed by atoms with E-state index in [0.717, 1.165) is 18.6 Å². The van der Waals surface area contributed by atoms with E-state index in [1.54, 1.807) is 0 Å². The molecule has 100 valence electrons. The van der Waals surface area contributed by atoms with E-state index >= 15 is 0 Å². The first-order chi connectivity index (χ1) is 8.25. The van der Waals surface area contributed by atoms with Gasteiger partial charge in [-0.05, 0) is 6.42 Å². The summed E-state index contributed by atoms with van der Waals surface area (Å²) < 4.78 is 0. The molecule has 1 aliphatic rings. The molecular formula is C14H26OS2. The minimum absolute atomic E-state index is 0.282. The van der Waals surface area contributed by atoms with Gasteiger partial charge < -0.3 is 0 Å². The number of ketones is 1. The van der Waals surface area contributed by atoms with Crippen molar-refractivity contribution in [2.45, 2.75) is 69.3 Å². The fourth-order valence-electron chi connectivity index (χ4n) is 2.21. The summed E-state index contributed by atoms with van der Waals surface area (Å²) in [5.74, 6) is 2.87. The molecule has 0 radical (unpaired) electrons. The quantitative estimate of drug-likeness (QED) is 0.605. The molecule has 0 N–H and O–H groups in total. The van der Waals surface area contributed by atoms with Crippen molar-refractivity contribution in [2.24, 2.45) is 0 Å². The summed E-state index contributed by atoms with van der Waals surface area (Å²) in [6.07, 6.45) is 8.46. The summed E-state index contributed by atoms with van der Waals surface area (Å²) in [6, 6.07) is 0. The van der Waals surface area contributed by atoms with Crippen molar-refractivity contribution in [1.82, 2.24) is 0 Å². The third-order valence-electron chi connectivity index (χ3n) is 3.28. The van der Waals surface area contributed by atoms with Crippen molar-refractivity contribution in [3.63, 3.8) is 0 Å². The van der Waals surface area contributed by atoms with Gasteiger partial charge in [-0.3, -0.25) is 4.79 Å². The topological polar surface area (TPSA) is 17.1 Å². The van der Waals surface area contributed by atoms with Gasteiger partial charge in [0.2, 0.25) is 0 Å². The number of rotatable bonds is 8. The molecule has 0 saturated carbocycles. The van der Waals surface area contributed by atoms with E-state index in [4.69, 9.17) is 0 Å².